The number of para-hydroxylation sites is 1. The molecule has 2 aromatic rings. The van der Waals surface area contributed by atoms with Crippen molar-refractivity contribution in [3.8, 4) is 0 Å². The molecule has 1 N–H and O–H groups in total. The molecular weight excluding hydrogens is 445 g/mol. The van der Waals surface area contributed by atoms with Gasteiger partial charge in [0.2, 0.25) is 15.9 Å². The Hall–Kier alpha value is -2.78. The van der Waals surface area contributed by atoms with Crippen molar-refractivity contribution < 1.29 is 22.4 Å². The van der Waals surface area contributed by atoms with Gasteiger partial charge < -0.3 is 10.2 Å². The number of rotatable bonds is 6. The van der Waals surface area contributed by atoms with Crippen LogP contribution in [0.4, 0.5) is 10.1 Å². The number of benzene rings is 2. The van der Waals surface area contributed by atoms with Gasteiger partial charge in [-0.3, -0.25) is 9.59 Å². The van der Waals surface area contributed by atoms with E-state index in [4.69, 9.17) is 0 Å². The number of piperidine rings is 1. The number of carbonyl (C=O) groups excluding carboxylic acids is 2. The van der Waals surface area contributed by atoms with Crippen LogP contribution in [0.5, 0.6) is 0 Å². The zero-order valence-corrected chi connectivity index (χ0v) is 19.2. The van der Waals surface area contributed by atoms with E-state index in [9.17, 15) is 22.4 Å². The number of carbonyl (C=O) groups is 2. The molecular formula is C24H28FN3O4S. The maximum Gasteiger partial charge on any atom is 0.255 e. The van der Waals surface area contributed by atoms with Crippen molar-refractivity contribution in [3.63, 3.8) is 0 Å². The Morgan fingerprint density at radius 2 is 1.58 bits per heavy atom. The molecule has 0 saturated carbocycles. The van der Waals surface area contributed by atoms with Crippen LogP contribution in [0.15, 0.2) is 48.5 Å². The maximum absolute atomic E-state index is 13.1. The van der Waals surface area contributed by atoms with Gasteiger partial charge in [-0.15, -0.1) is 0 Å². The van der Waals surface area contributed by atoms with Crippen molar-refractivity contribution in [1.82, 2.24) is 9.21 Å². The summed E-state index contributed by atoms with van der Waals surface area (Å²) in [5.74, 6) is -1.22. The molecule has 176 valence electrons. The van der Waals surface area contributed by atoms with Gasteiger partial charge in [-0.1, -0.05) is 24.3 Å². The normalized spacial score (nSPS) is 17.8. The predicted octanol–water partition coefficient (Wildman–Crippen LogP) is 3.24. The molecule has 2 amide bonds. The van der Waals surface area contributed by atoms with Crippen LogP contribution in [0.3, 0.4) is 0 Å². The van der Waals surface area contributed by atoms with Gasteiger partial charge in [-0.25, -0.2) is 17.1 Å². The number of halogens is 1. The second kappa shape index (κ2) is 10.0. The number of anilines is 1. The molecule has 2 heterocycles. The van der Waals surface area contributed by atoms with E-state index >= 15 is 0 Å². The van der Waals surface area contributed by atoms with Crippen LogP contribution in [-0.4, -0.2) is 55.6 Å². The van der Waals surface area contributed by atoms with Crippen molar-refractivity contribution in [2.45, 2.75) is 31.4 Å². The monoisotopic (exact) mass is 473 g/mol. The fourth-order valence-electron chi connectivity index (χ4n) is 4.38. The van der Waals surface area contributed by atoms with Crippen LogP contribution >= 0.6 is 0 Å². The molecule has 2 saturated heterocycles. The summed E-state index contributed by atoms with van der Waals surface area (Å²) in [6, 6.07) is 12.4. The van der Waals surface area contributed by atoms with Gasteiger partial charge in [0.05, 0.1) is 17.0 Å². The molecule has 4 rings (SSSR count). The van der Waals surface area contributed by atoms with Crippen LogP contribution in [0, 0.1) is 11.7 Å². The number of nitrogens with one attached hydrogen (secondary N) is 1. The molecule has 0 atom stereocenters. The third-order valence-electron chi connectivity index (χ3n) is 6.29. The minimum Gasteiger partial charge on any atom is -0.339 e. The van der Waals surface area contributed by atoms with Gasteiger partial charge in [0.1, 0.15) is 5.82 Å². The Bertz CT molecular complexity index is 1110. The average molecular weight is 474 g/mol. The summed E-state index contributed by atoms with van der Waals surface area (Å²) in [4.78, 5) is 27.5. The highest BCUT2D eigenvalue weighted by atomic mass is 32.2. The summed E-state index contributed by atoms with van der Waals surface area (Å²) >= 11 is 0. The number of amides is 2. The van der Waals surface area contributed by atoms with Crippen molar-refractivity contribution >= 4 is 27.5 Å². The molecule has 2 aliphatic heterocycles. The van der Waals surface area contributed by atoms with Crippen LogP contribution in [-0.2, 0) is 20.6 Å². The van der Waals surface area contributed by atoms with E-state index in [1.807, 2.05) is 0 Å². The van der Waals surface area contributed by atoms with Crippen molar-refractivity contribution in [2.24, 2.45) is 5.92 Å². The van der Waals surface area contributed by atoms with E-state index in [2.05, 4.69) is 5.32 Å². The first-order valence-electron chi connectivity index (χ1n) is 11.2. The second-order valence-corrected chi connectivity index (χ2v) is 10.6. The average Bonchev–Trinajstić information content (AvgIpc) is 3.35. The molecule has 0 radical (unpaired) electrons. The fourth-order valence-corrected chi connectivity index (χ4v) is 5.95. The number of likely N-dealkylation sites (tertiary alicyclic amines) is 1. The Labute approximate surface area is 193 Å². The molecule has 0 unspecified atom stereocenters. The second-order valence-electron chi connectivity index (χ2n) is 8.59. The lowest BCUT2D eigenvalue weighted by Crippen LogP contribution is -2.42. The largest absolute Gasteiger partial charge is 0.339 e. The Balaban J connectivity index is 1.35. The van der Waals surface area contributed by atoms with Crippen LogP contribution < -0.4 is 5.32 Å². The van der Waals surface area contributed by atoms with Crippen LogP contribution in [0.1, 0.15) is 41.6 Å². The minimum absolute atomic E-state index is 0.0786. The number of sulfonamides is 1. The predicted molar refractivity (Wildman–Crippen MR) is 124 cm³/mol. The summed E-state index contributed by atoms with van der Waals surface area (Å²) in [5.41, 5.74) is 1.49. The molecule has 0 aliphatic carbocycles. The molecule has 9 heteroatoms. The maximum atomic E-state index is 13.1. The van der Waals surface area contributed by atoms with Gasteiger partial charge in [-0.2, -0.15) is 0 Å². The van der Waals surface area contributed by atoms with Gasteiger partial charge >= 0.3 is 0 Å². The standard InChI is InChI=1S/C24H28FN3O4S/c25-20-9-7-18(8-10-20)17-33(31,32)28-15-11-19(12-16-28)23(29)26-22-6-2-1-5-21(22)24(30)27-13-3-4-14-27/h1-2,5-10,19H,3-4,11-17H2,(H,26,29). The zero-order valence-electron chi connectivity index (χ0n) is 18.4. The summed E-state index contributed by atoms with van der Waals surface area (Å²) < 4.78 is 40.0. The molecule has 33 heavy (non-hydrogen) atoms. The fraction of sp³-hybridized carbons (Fsp3) is 0.417. The van der Waals surface area contributed by atoms with E-state index in [-0.39, 0.29) is 36.6 Å². The first kappa shape index (κ1) is 23.4. The summed E-state index contributed by atoms with van der Waals surface area (Å²) in [6.07, 6.45) is 2.78. The lowest BCUT2D eigenvalue weighted by Gasteiger charge is -2.30. The molecule has 7 nitrogen and oxygen atoms in total. The summed E-state index contributed by atoms with van der Waals surface area (Å²) in [6.45, 7) is 1.95. The Morgan fingerprint density at radius 1 is 0.939 bits per heavy atom. The SMILES string of the molecule is O=C(Nc1ccccc1C(=O)N1CCCC1)C1CCN(S(=O)(=O)Cc2ccc(F)cc2)CC1. The van der Waals surface area contributed by atoms with E-state index < -0.39 is 15.8 Å². The van der Waals surface area contributed by atoms with Gasteiger partial charge in [0.15, 0.2) is 0 Å². The topological polar surface area (TPSA) is 86.8 Å². The van der Waals surface area contributed by atoms with Gasteiger partial charge in [0.25, 0.3) is 5.91 Å². The smallest absolute Gasteiger partial charge is 0.255 e. The van der Waals surface area contributed by atoms with Crippen molar-refractivity contribution in [2.75, 3.05) is 31.5 Å². The Kier molecular flexibility index (Phi) is 7.09. The Morgan fingerprint density at radius 3 is 2.24 bits per heavy atom. The quantitative estimate of drug-likeness (QED) is 0.698. The van der Waals surface area contributed by atoms with Crippen molar-refractivity contribution in [3.05, 3.63) is 65.5 Å². The zero-order chi connectivity index (χ0) is 23.4. The first-order valence-corrected chi connectivity index (χ1v) is 12.9. The number of hydrogen-bond acceptors (Lipinski definition) is 4. The van der Waals surface area contributed by atoms with E-state index in [1.54, 1.807) is 29.2 Å². The third-order valence-corrected chi connectivity index (χ3v) is 8.14. The highest BCUT2D eigenvalue weighted by molar-refractivity contribution is 7.88. The summed E-state index contributed by atoms with van der Waals surface area (Å²) in [7, 11) is -3.56. The van der Waals surface area contributed by atoms with Crippen molar-refractivity contribution in [1.29, 1.82) is 0 Å². The molecule has 0 aromatic heterocycles. The van der Waals surface area contributed by atoms with E-state index in [0.29, 0.717) is 29.7 Å². The van der Waals surface area contributed by atoms with Gasteiger partial charge in [0, 0.05) is 32.1 Å². The number of nitrogens with zero attached hydrogens (tertiary/aromatic N) is 2. The highest BCUT2D eigenvalue weighted by Crippen LogP contribution is 2.25. The van der Waals surface area contributed by atoms with E-state index in [1.165, 1.54) is 28.6 Å². The molecule has 2 fully saturated rings. The molecule has 0 bridgehead atoms. The molecule has 2 aromatic carbocycles. The van der Waals surface area contributed by atoms with Crippen LogP contribution in [0.2, 0.25) is 0 Å². The minimum atomic E-state index is -3.56. The number of hydrogen-bond donors (Lipinski definition) is 1. The molecule has 0 spiro atoms. The van der Waals surface area contributed by atoms with Gasteiger partial charge in [-0.05, 0) is 55.5 Å². The first-order chi connectivity index (χ1) is 15.8. The highest BCUT2D eigenvalue weighted by Gasteiger charge is 2.32. The summed E-state index contributed by atoms with van der Waals surface area (Å²) in [5, 5.41) is 2.89. The lowest BCUT2D eigenvalue weighted by molar-refractivity contribution is -0.120. The van der Waals surface area contributed by atoms with E-state index in [0.717, 1.165) is 25.9 Å². The lowest BCUT2D eigenvalue weighted by atomic mass is 9.97. The van der Waals surface area contributed by atoms with Crippen LogP contribution in [0.25, 0.3) is 0 Å². The third kappa shape index (κ3) is 5.59. The molecule has 2 aliphatic rings.